The third kappa shape index (κ3) is 4.27. The van der Waals surface area contributed by atoms with Gasteiger partial charge in [0.1, 0.15) is 0 Å². The number of piperazine rings is 1. The zero-order valence-electron chi connectivity index (χ0n) is 13.8. The van der Waals surface area contributed by atoms with Gasteiger partial charge in [-0.15, -0.1) is 0 Å². The van der Waals surface area contributed by atoms with Crippen LogP contribution >= 0.6 is 11.6 Å². The molecular formula is C17H22ClN5O. The average Bonchev–Trinajstić information content (AvgIpc) is 3.02. The van der Waals surface area contributed by atoms with E-state index in [-0.39, 0.29) is 5.91 Å². The molecule has 1 saturated heterocycles. The Morgan fingerprint density at radius 2 is 2.00 bits per heavy atom. The molecule has 3 rings (SSSR count). The van der Waals surface area contributed by atoms with E-state index in [9.17, 15) is 4.79 Å². The van der Waals surface area contributed by atoms with Gasteiger partial charge in [-0.3, -0.25) is 14.4 Å². The highest BCUT2D eigenvalue weighted by molar-refractivity contribution is 6.33. The summed E-state index contributed by atoms with van der Waals surface area (Å²) in [7, 11) is 1.93. The smallest absolute Gasteiger partial charge is 0.225 e. The van der Waals surface area contributed by atoms with Gasteiger partial charge in [0.25, 0.3) is 0 Å². The van der Waals surface area contributed by atoms with Gasteiger partial charge in [-0.25, -0.2) is 0 Å². The van der Waals surface area contributed by atoms with E-state index in [4.69, 9.17) is 11.6 Å². The Morgan fingerprint density at radius 3 is 2.67 bits per heavy atom. The number of rotatable bonds is 5. The molecule has 2 heterocycles. The van der Waals surface area contributed by atoms with Gasteiger partial charge in [0.2, 0.25) is 5.91 Å². The summed E-state index contributed by atoms with van der Waals surface area (Å²) < 4.78 is 1.82. The Balaban J connectivity index is 1.42. The van der Waals surface area contributed by atoms with Gasteiger partial charge >= 0.3 is 0 Å². The highest BCUT2D eigenvalue weighted by Gasteiger charge is 2.18. The summed E-state index contributed by atoms with van der Waals surface area (Å²) >= 11 is 6.06. The van der Waals surface area contributed by atoms with Crippen LogP contribution in [0.3, 0.4) is 0 Å². The van der Waals surface area contributed by atoms with E-state index >= 15 is 0 Å². The lowest BCUT2D eigenvalue weighted by molar-refractivity contribution is -0.116. The van der Waals surface area contributed by atoms with Gasteiger partial charge in [0, 0.05) is 52.4 Å². The second-order valence-electron chi connectivity index (χ2n) is 5.98. The number of aromatic nitrogens is 2. The normalized spacial score (nSPS) is 15.5. The molecular weight excluding hydrogens is 326 g/mol. The predicted octanol–water partition coefficient (Wildman–Crippen LogP) is 2.22. The van der Waals surface area contributed by atoms with Crippen LogP contribution < -0.4 is 10.2 Å². The van der Waals surface area contributed by atoms with E-state index in [1.54, 1.807) is 6.07 Å². The molecule has 1 aromatic heterocycles. The zero-order valence-corrected chi connectivity index (χ0v) is 14.5. The van der Waals surface area contributed by atoms with E-state index in [0.29, 0.717) is 17.1 Å². The molecule has 1 aliphatic rings. The molecule has 128 valence electrons. The van der Waals surface area contributed by atoms with E-state index in [1.807, 2.05) is 42.3 Å². The highest BCUT2D eigenvalue weighted by Crippen LogP contribution is 2.20. The van der Waals surface area contributed by atoms with Crippen LogP contribution in [0.5, 0.6) is 0 Å². The molecule has 24 heavy (non-hydrogen) atoms. The van der Waals surface area contributed by atoms with Crippen molar-refractivity contribution in [1.29, 1.82) is 0 Å². The minimum Gasteiger partial charge on any atom is -0.366 e. The van der Waals surface area contributed by atoms with Crippen molar-refractivity contribution in [3.05, 3.63) is 41.7 Å². The number of nitrogens with zero attached hydrogens (tertiary/aromatic N) is 4. The molecule has 1 fully saturated rings. The maximum atomic E-state index is 12.1. The van der Waals surface area contributed by atoms with E-state index in [2.05, 4.69) is 20.2 Å². The van der Waals surface area contributed by atoms with Gasteiger partial charge in [-0.2, -0.15) is 5.10 Å². The van der Waals surface area contributed by atoms with Crippen LogP contribution in [0.2, 0.25) is 5.02 Å². The van der Waals surface area contributed by atoms with Crippen molar-refractivity contribution in [2.24, 2.45) is 7.05 Å². The Kier molecular flexibility index (Phi) is 5.37. The zero-order chi connectivity index (χ0) is 16.9. The quantitative estimate of drug-likeness (QED) is 0.901. The average molecular weight is 348 g/mol. The van der Waals surface area contributed by atoms with Crippen molar-refractivity contribution in [2.45, 2.75) is 6.42 Å². The van der Waals surface area contributed by atoms with Crippen LogP contribution in [-0.4, -0.2) is 53.3 Å². The first kappa shape index (κ1) is 16.8. The fraction of sp³-hybridized carbons (Fsp3) is 0.412. The lowest BCUT2D eigenvalue weighted by atomic mass is 10.2. The van der Waals surface area contributed by atoms with Crippen molar-refractivity contribution < 1.29 is 4.79 Å². The van der Waals surface area contributed by atoms with Crippen molar-refractivity contribution in [3.8, 4) is 0 Å². The Hall–Kier alpha value is -2.05. The summed E-state index contributed by atoms with van der Waals surface area (Å²) in [6.45, 7) is 4.58. The van der Waals surface area contributed by atoms with E-state index < -0.39 is 0 Å². The van der Waals surface area contributed by atoms with Crippen molar-refractivity contribution in [2.75, 3.05) is 42.9 Å². The van der Waals surface area contributed by atoms with Crippen molar-refractivity contribution in [1.82, 2.24) is 14.7 Å². The number of benzene rings is 1. The molecule has 6 nitrogen and oxygen atoms in total. The number of para-hydroxylation sites is 1. The molecule has 1 N–H and O–H groups in total. The molecule has 7 heteroatoms. The molecule has 1 amide bonds. The van der Waals surface area contributed by atoms with Gasteiger partial charge in [-0.05, 0) is 12.1 Å². The number of carbonyl (C=O) groups is 1. The van der Waals surface area contributed by atoms with Crippen molar-refractivity contribution >= 4 is 28.9 Å². The predicted molar refractivity (Wildman–Crippen MR) is 96.6 cm³/mol. The summed E-state index contributed by atoms with van der Waals surface area (Å²) in [5, 5.41) is 7.65. The van der Waals surface area contributed by atoms with Gasteiger partial charge in [-0.1, -0.05) is 23.7 Å². The summed E-state index contributed by atoms with van der Waals surface area (Å²) in [5.74, 6) is -0.00205. The Morgan fingerprint density at radius 1 is 1.25 bits per heavy atom. The molecule has 0 bridgehead atoms. The number of hydrogen-bond acceptors (Lipinski definition) is 4. The maximum absolute atomic E-state index is 12.1. The minimum atomic E-state index is -0.00205. The first-order valence-electron chi connectivity index (χ1n) is 8.12. The van der Waals surface area contributed by atoms with Crippen LogP contribution in [0, 0.1) is 0 Å². The maximum Gasteiger partial charge on any atom is 0.225 e. The SMILES string of the molecule is Cn1cc(N2CCN(CCC(=O)Nc3ccccc3Cl)CC2)cn1. The number of carbonyl (C=O) groups excluding carboxylic acids is 1. The summed E-state index contributed by atoms with van der Waals surface area (Å²) in [4.78, 5) is 16.7. The fourth-order valence-corrected chi connectivity index (χ4v) is 3.02. The third-order valence-corrected chi connectivity index (χ3v) is 4.56. The van der Waals surface area contributed by atoms with Crippen LogP contribution in [-0.2, 0) is 11.8 Å². The second-order valence-corrected chi connectivity index (χ2v) is 6.39. The molecule has 0 spiro atoms. The monoisotopic (exact) mass is 347 g/mol. The summed E-state index contributed by atoms with van der Waals surface area (Å²) in [5.41, 5.74) is 1.83. The molecule has 1 aromatic carbocycles. The van der Waals surface area contributed by atoms with E-state index in [1.165, 1.54) is 0 Å². The first-order chi connectivity index (χ1) is 11.6. The molecule has 0 radical (unpaired) electrons. The third-order valence-electron chi connectivity index (χ3n) is 4.23. The Labute approximate surface area is 147 Å². The lowest BCUT2D eigenvalue weighted by Crippen LogP contribution is -2.47. The van der Waals surface area contributed by atoms with Crippen LogP contribution in [0.1, 0.15) is 6.42 Å². The Bertz CT molecular complexity index is 694. The standard InChI is InChI=1S/C17H22ClN5O/c1-21-13-14(12-19-21)23-10-8-22(9-11-23)7-6-17(24)20-16-5-3-2-4-15(16)18/h2-5,12-13H,6-11H2,1H3,(H,20,24). The number of nitrogens with one attached hydrogen (secondary N) is 1. The second kappa shape index (κ2) is 7.68. The highest BCUT2D eigenvalue weighted by atomic mass is 35.5. The van der Waals surface area contributed by atoms with E-state index in [0.717, 1.165) is 38.4 Å². The molecule has 0 aliphatic carbocycles. The van der Waals surface area contributed by atoms with Crippen LogP contribution in [0.15, 0.2) is 36.7 Å². The molecule has 0 saturated carbocycles. The number of amides is 1. The first-order valence-corrected chi connectivity index (χ1v) is 8.50. The number of halogens is 1. The van der Waals surface area contributed by atoms with Crippen LogP contribution in [0.25, 0.3) is 0 Å². The molecule has 1 aliphatic heterocycles. The van der Waals surface area contributed by atoms with Crippen LogP contribution in [0.4, 0.5) is 11.4 Å². The van der Waals surface area contributed by atoms with Gasteiger partial charge in [0.15, 0.2) is 0 Å². The topological polar surface area (TPSA) is 53.4 Å². The minimum absolute atomic E-state index is 0.00205. The molecule has 2 aromatic rings. The summed E-state index contributed by atoms with van der Waals surface area (Å²) in [6.07, 6.45) is 4.40. The lowest BCUT2D eigenvalue weighted by Gasteiger charge is -2.35. The largest absolute Gasteiger partial charge is 0.366 e. The van der Waals surface area contributed by atoms with Gasteiger partial charge in [0.05, 0.1) is 22.6 Å². The molecule has 0 unspecified atom stereocenters. The van der Waals surface area contributed by atoms with Crippen molar-refractivity contribution in [3.63, 3.8) is 0 Å². The summed E-state index contributed by atoms with van der Waals surface area (Å²) in [6, 6.07) is 7.29. The number of anilines is 2. The number of hydrogen-bond donors (Lipinski definition) is 1. The number of aryl methyl sites for hydroxylation is 1. The van der Waals surface area contributed by atoms with Gasteiger partial charge < -0.3 is 10.2 Å². The fourth-order valence-electron chi connectivity index (χ4n) is 2.84. The molecule has 0 atom stereocenters.